The molecule has 2 heterocycles. The van der Waals surface area contributed by atoms with Crippen LogP contribution in [0.3, 0.4) is 0 Å². The lowest BCUT2D eigenvalue weighted by molar-refractivity contribution is -0.0856. The molecule has 100 valence electrons. The van der Waals surface area contributed by atoms with Crippen LogP contribution in [0.15, 0.2) is 0 Å². The van der Waals surface area contributed by atoms with Crippen molar-refractivity contribution in [2.24, 2.45) is 11.8 Å². The largest absolute Gasteiger partial charge is 0.369 e. The minimum absolute atomic E-state index is 0.0422. The molecule has 0 bridgehead atoms. The topological polar surface area (TPSA) is 21.3 Å². The fraction of sp³-hybridized carbons (Fsp3) is 1.00. The van der Waals surface area contributed by atoms with Crippen LogP contribution in [-0.2, 0) is 4.74 Å². The van der Waals surface area contributed by atoms with Crippen LogP contribution in [0.1, 0.15) is 47.0 Å². The minimum atomic E-state index is -0.714. The van der Waals surface area contributed by atoms with Gasteiger partial charge in [0.15, 0.2) is 0 Å². The first kappa shape index (κ1) is 13.3. The van der Waals surface area contributed by atoms with E-state index in [0.717, 1.165) is 32.4 Å². The Hall–Kier alpha value is -0.150. The van der Waals surface area contributed by atoms with E-state index in [2.05, 4.69) is 19.2 Å². The highest BCUT2D eigenvalue weighted by Crippen LogP contribution is 2.46. The molecule has 2 fully saturated rings. The second kappa shape index (κ2) is 4.51. The molecule has 0 aromatic carbocycles. The van der Waals surface area contributed by atoms with Gasteiger partial charge < -0.3 is 10.1 Å². The van der Waals surface area contributed by atoms with E-state index in [1.54, 1.807) is 0 Å². The fourth-order valence-electron chi connectivity index (χ4n) is 3.59. The normalized spacial score (nSPS) is 34.8. The number of hydrogen-bond donors (Lipinski definition) is 1. The number of hydrogen-bond acceptors (Lipinski definition) is 2. The summed E-state index contributed by atoms with van der Waals surface area (Å²) in [5, 5.41) is 3.30. The van der Waals surface area contributed by atoms with Crippen LogP contribution < -0.4 is 5.32 Å². The Morgan fingerprint density at radius 1 is 1.18 bits per heavy atom. The molecule has 2 rings (SSSR count). The van der Waals surface area contributed by atoms with E-state index in [1.807, 2.05) is 13.8 Å². The first-order valence-electron chi connectivity index (χ1n) is 6.87. The summed E-state index contributed by atoms with van der Waals surface area (Å²) in [5.74, 6) is 0.263. The van der Waals surface area contributed by atoms with Crippen LogP contribution in [-0.4, -0.2) is 30.5 Å². The van der Waals surface area contributed by atoms with Gasteiger partial charge in [0, 0.05) is 5.92 Å². The van der Waals surface area contributed by atoms with Gasteiger partial charge in [0.05, 0.1) is 11.2 Å². The van der Waals surface area contributed by atoms with Gasteiger partial charge in [-0.2, -0.15) is 0 Å². The molecule has 0 saturated carbocycles. The molecule has 0 aromatic heterocycles. The number of ether oxygens (including phenoxy) is 1. The summed E-state index contributed by atoms with van der Waals surface area (Å²) >= 11 is 0. The Morgan fingerprint density at radius 3 is 2.24 bits per heavy atom. The van der Waals surface area contributed by atoms with E-state index in [1.165, 1.54) is 0 Å². The van der Waals surface area contributed by atoms with Gasteiger partial charge in [-0.3, -0.25) is 0 Å². The molecular formula is C14H26FNO. The zero-order valence-corrected chi connectivity index (χ0v) is 11.6. The Kier molecular flexibility index (Phi) is 3.52. The maximum Gasteiger partial charge on any atom is 0.109 e. The molecule has 1 N–H and O–H groups in total. The Morgan fingerprint density at radius 2 is 1.76 bits per heavy atom. The number of rotatable bonds is 2. The van der Waals surface area contributed by atoms with Crippen LogP contribution in [0.5, 0.6) is 0 Å². The van der Waals surface area contributed by atoms with Gasteiger partial charge in [0.2, 0.25) is 0 Å². The maximum atomic E-state index is 14.7. The number of alkyl halides is 1. The molecule has 3 heteroatoms. The standard InChI is InChI=1S/C14H26FNO/c1-13(2)9-11(14(3,4)17-13)12(15)10-5-7-16-8-6-10/h10-12,16H,5-9H2,1-4H3. The summed E-state index contributed by atoms with van der Waals surface area (Å²) in [6, 6.07) is 0. The Bertz CT molecular complexity index is 271. The fourth-order valence-corrected chi connectivity index (χ4v) is 3.59. The molecule has 0 aromatic rings. The van der Waals surface area contributed by atoms with Gasteiger partial charge in [0.1, 0.15) is 6.17 Å². The quantitative estimate of drug-likeness (QED) is 0.805. The monoisotopic (exact) mass is 243 g/mol. The van der Waals surface area contributed by atoms with E-state index in [0.29, 0.717) is 0 Å². The second-order valence-corrected chi connectivity index (χ2v) is 6.81. The number of piperidine rings is 1. The molecule has 2 aliphatic rings. The predicted molar refractivity (Wildman–Crippen MR) is 67.8 cm³/mol. The average molecular weight is 243 g/mol. The molecule has 2 aliphatic heterocycles. The van der Waals surface area contributed by atoms with Gasteiger partial charge in [-0.05, 0) is 66.0 Å². The molecule has 2 saturated heterocycles. The minimum Gasteiger partial charge on any atom is -0.369 e. The van der Waals surface area contributed by atoms with Gasteiger partial charge in [0.25, 0.3) is 0 Å². The highest BCUT2D eigenvalue weighted by atomic mass is 19.1. The molecule has 0 amide bonds. The highest BCUT2D eigenvalue weighted by molar-refractivity contribution is 4.99. The second-order valence-electron chi connectivity index (χ2n) is 6.81. The van der Waals surface area contributed by atoms with Crippen LogP contribution in [0.4, 0.5) is 4.39 Å². The van der Waals surface area contributed by atoms with Gasteiger partial charge >= 0.3 is 0 Å². The third-order valence-corrected chi connectivity index (χ3v) is 4.36. The predicted octanol–water partition coefficient (Wildman–Crippen LogP) is 2.92. The molecule has 0 radical (unpaired) electrons. The third-order valence-electron chi connectivity index (χ3n) is 4.36. The van der Waals surface area contributed by atoms with Crippen molar-refractivity contribution in [1.29, 1.82) is 0 Å². The van der Waals surface area contributed by atoms with Crippen molar-refractivity contribution in [3.05, 3.63) is 0 Å². The van der Waals surface area contributed by atoms with Crippen molar-refractivity contribution in [2.75, 3.05) is 13.1 Å². The van der Waals surface area contributed by atoms with Crippen molar-refractivity contribution in [3.8, 4) is 0 Å². The first-order valence-corrected chi connectivity index (χ1v) is 6.87. The summed E-state index contributed by atoms with van der Waals surface area (Å²) < 4.78 is 20.7. The van der Waals surface area contributed by atoms with Crippen molar-refractivity contribution in [1.82, 2.24) is 5.32 Å². The van der Waals surface area contributed by atoms with Gasteiger partial charge in [-0.25, -0.2) is 4.39 Å². The maximum absolute atomic E-state index is 14.7. The molecule has 2 unspecified atom stereocenters. The lowest BCUT2D eigenvalue weighted by Gasteiger charge is -2.34. The molecule has 2 nitrogen and oxygen atoms in total. The molecule has 0 aliphatic carbocycles. The van der Waals surface area contributed by atoms with Crippen LogP contribution >= 0.6 is 0 Å². The smallest absolute Gasteiger partial charge is 0.109 e. The van der Waals surface area contributed by atoms with Crippen LogP contribution in [0, 0.1) is 11.8 Å². The lowest BCUT2D eigenvalue weighted by Crippen LogP contribution is -2.41. The number of nitrogens with one attached hydrogen (secondary N) is 1. The van der Waals surface area contributed by atoms with Gasteiger partial charge in [-0.1, -0.05) is 0 Å². The molecule has 0 spiro atoms. The Balaban J connectivity index is 2.05. The zero-order valence-electron chi connectivity index (χ0n) is 11.6. The van der Waals surface area contributed by atoms with Crippen LogP contribution in [0.2, 0.25) is 0 Å². The van der Waals surface area contributed by atoms with E-state index in [9.17, 15) is 4.39 Å². The SMILES string of the molecule is CC1(C)CC(C(F)C2CCNCC2)C(C)(C)O1. The van der Waals surface area contributed by atoms with Crippen molar-refractivity contribution in [3.63, 3.8) is 0 Å². The lowest BCUT2D eigenvalue weighted by atomic mass is 9.76. The summed E-state index contributed by atoms with van der Waals surface area (Å²) in [5.41, 5.74) is -0.501. The highest BCUT2D eigenvalue weighted by Gasteiger charge is 2.50. The molecule has 2 atom stereocenters. The summed E-state index contributed by atoms with van der Waals surface area (Å²) in [6.45, 7) is 10.2. The van der Waals surface area contributed by atoms with E-state index >= 15 is 0 Å². The van der Waals surface area contributed by atoms with Gasteiger partial charge in [-0.15, -0.1) is 0 Å². The van der Waals surface area contributed by atoms with E-state index < -0.39 is 6.17 Å². The number of halogens is 1. The van der Waals surface area contributed by atoms with Crippen LogP contribution in [0.25, 0.3) is 0 Å². The van der Waals surface area contributed by atoms with E-state index in [4.69, 9.17) is 4.74 Å². The molecular weight excluding hydrogens is 217 g/mol. The molecule has 17 heavy (non-hydrogen) atoms. The summed E-state index contributed by atoms with van der Waals surface area (Å²) in [4.78, 5) is 0. The van der Waals surface area contributed by atoms with E-state index in [-0.39, 0.29) is 23.0 Å². The summed E-state index contributed by atoms with van der Waals surface area (Å²) in [6.07, 6.45) is 2.06. The van der Waals surface area contributed by atoms with Crippen molar-refractivity contribution in [2.45, 2.75) is 64.3 Å². The zero-order chi connectivity index (χ0) is 12.7. The van der Waals surface area contributed by atoms with Crippen molar-refractivity contribution >= 4 is 0 Å². The average Bonchev–Trinajstić information content (AvgIpc) is 2.47. The Labute approximate surface area is 104 Å². The van der Waals surface area contributed by atoms with Crippen molar-refractivity contribution < 1.29 is 9.13 Å². The first-order chi connectivity index (χ1) is 7.82. The third kappa shape index (κ3) is 2.82. The summed E-state index contributed by atoms with van der Waals surface area (Å²) in [7, 11) is 0.